The molecule has 2 saturated carbocycles. The van der Waals surface area contributed by atoms with Crippen molar-refractivity contribution in [2.45, 2.75) is 64.3 Å². The normalized spacial score (nSPS) is 36.2. The molecular weight excluding hydrogens is 332 g/mol. The van der Waals surface area contributed by atoms with Crippen molar-refractivity contribution in [3.63, 3.8) is 0 Å². The van der Waals surface area contributed by atoms with Gasteiger partial charge in [0, 0.05) is 19.1 Å². The average Bonchev–Trinajstić information content (AvgIpc) is 2.98. The second kappa shape index (κ2) is 7.40. The zero-order chi connectivity index (χ0) is 19.2. The second-order valence-electron chi connectivity index (χ2n) is 10.1. The van der Waals surface area contributed by atoms with Gasteiger partial charge in [-0.15, -0.1) is 0 Å². The third kappa shape index (κ3) is 3.42. The summed E-state index contributed by atoms with van der Waals surface area (Å²) in [7, 11) is 4.31. The van der Waals surface area contributed by atoms with Gasteiger partial charge in [-0.3, -0.25) is 0 Å². The van der Waals surface area contributed by atoms with E-state index in [-0.39, 0.29) is 0 Å². The maximum Gasteiger partial charge on any atom is 0.115 e. The monoisotopic (exact) mass is 370 g/mol. The van der Waals surface area contributed by atoms with Crippen molar-refractivity contribution in [1.29, 1.82) is 0 Å². The number of aromatic hydroxyl groups is 1. The summed E-state index contributed by atoms with van der Waals surface area (Å²) in [6.45, 7) is 7.25. The molecule has 3 aliphatic carbocycles. The Bertz CT molecular complexity index is 672. The Morgan fingerprint density at radius 1 is 1.22 bits per heavy atom. The van der Waals surface area contributed by atoms with Crippen molar-refractivity contribution in [3.05, 3.63) is 29.3 Å². The summed E-state index contributed by atoms with van der Waals surface area (Å²) in [5.74, 6) is 3.70. The quantitative estimate of drug-likeness (QED) is 0.806. The van der Waals surface area contributed by atoms with E-state index in [2.05, 4.69) is 44.2 Å². The van der Waals surface area contributed by atoms with Crippen LogP contribution in [0.25, 0.3) is 0 Å². The number of phenols is 1. The lowest BCUT2D eigenvalue weighted by Crippen LogP contribution is -2.48. The average molecular weight is 371 g/mol. The minimum Gasteiger partial charge on any atom is -0.508 e. The van der Waals surface area contributed by atoms with Crippen molar-refractivity contribution in [2.75, 3.05) is 27.2 Å². The molecule has 0 aliphatic heterocycles. The van der Waals surface area contributed by atoms with E-state index in [4.69, 9.17) is 0 Å². The smallest absolute Gasteiger partial charge is 0.115 e. The summed E-state index contributed by atoms with van der Waals surface area (Å²) in [4.78, 5) is 2.27. The Labute approximate surface area is 165 Å². The molecule has 0 heterocycles. The fourth-order valence-corrected chi connectivity index (χ4v) is 7.09. The highest BCUT2D eigenvalue weighted by molar-refractivity contribution is 5.40. The van der Waals surface area contributed by atoms with Crippen LogP contribution in [-0.4, -0.2) is 43.2 Å². The molecule has 0 spiro atoms. The lowest BCUT2D eigenvalue weighted by atomic mass is 9.53. The maximum absolute atomic E-state index is 9.87. The Morgan fingerprint density at radius 3 is 2.81 bits per heavy atom. The molecule has 3 heteroatoms. The predicted octanol–water partition coefficient (Wildman–Crippen LogP) is 4.40. The van der Waals surface area contributed by atoms with Crippen LogP contribution in [0.1, 0.15) is 63.0 Å². The number of fused-ring (bicyclic) bond motifs is 5. The molecule has 0 unspecified atom stereocenters. The third-order valence-corrected chi connectivity index (χ3v) is 8.41. The number of likely N-dealkylation sites (N-methyl/N-ethyl adjacent to an activating group) is 1. The minimum absolute atomic E-state index is 0.436. The van der Waals surface area contributed by atoms with Gasteiger partial charge < -0.3 is 15.3 Å². The topological polar surface area (TPSA) is 35.5 Å². The van der Waals surface area contributed by atoms with E-state index in [1.54, 1.807) is 5.56 Å². The molecule has 2 fully saturated rings. The van der Waals surface area contributed by atoms with Crippen molar-refractivity contribution in [2.24, 2.45) is 23.2 Å². The van der Waals surface area contributed by atoms with Gasteiger partial charge >= 0.3 is 0 Å². The maximum atomic E-state index is 9.87. The van der Waals surface area contributed by atoms with E-state index in [0.29, 0.717) is 17.2 Å². The minimum atomic E-state index is 0.436. The fourth-order valence-electron chi connectivity index (χ4n) is 7.09. The number of aryl methyl sites for hydroxylation is 1. The van der Waals surface area contributed by atoms with E-state index in [0.717, 1.165) is 43.2 Å². The van der Waals surface area contributed by atoms with Gasteiger partial charge in [0.05, 0.1) is 0 Å². The number of phenolic OH excluding ortho intramolecular Hbond substituents is 1. The Hall–Kier alpha value is -1.06. The standard InChI is InChI=1S/C24H38N2O/c1-16(25-13-14-26(3)4)22-9-10-23-21-7-5-17-15-18(27)6-8-19(17)20(21)11-12-24(22,23)2/h6,8,15-16,20-23,25,27H,5,7,9-14H2,1-4H3/t16-,20+,21+,22-,23+,24+/m0/s1. The van der Waals surface area contributed by atoms with Crippen LogP contribution in [0.4, 0.5) is 0 Å². The first kappa shape index (κ1) is 19.3. The molecule has 6 atom stereocenters. The van der Waals surface area contributed by atoms with Crippen molar-refractivity contribution < 1.29 is 5.11 Å². The Kier molecular flexibility index (Phi) is 5.28. The molecule has 1 aromatic carbocycles. The Balaban J connectivity index is 1.49. The summed E-state index contributed by atoms with van der Waals surface area (Å²) in [6.07, 6.45) is 7.97. The summed E-state index contributed by atoms with van der Waals surface area (Å²) in [5.41, 5.74) is 3.46. The van der Waals surface area contributed by atoms with E-state index in [1.165, 1.54) is 37.7 Å². The van der Waals surface area contributed by atoms with Crippen LogP contribution in [-0.2, 0) is 6.42 Å². The summed E-state index contributed by atoms with van der Waals surface area (Å²) < 4.78 is 0. The Morgan fingerprint density at radius 2 is 2.04 bits per heavy atom. The van der Waals surface area contributed by atoms with E-state index in [9.17, 15) is 5.11 Å². The first-order valence-corrected chi connectivity index (χ1v) is 11.1. The molecule has 3 nitrogen and oxygen atoms in total. The molecular formula is C24H38N2O. The molecule has 0 saturated heterocycles. The molecule has 4 rings (SSSR count). The highest BCUT2D eigenvalue weighted by Crippen LogP contribution is 2.63. The number of benzene rings is 1. The van der Waals surface area contributed by atoms with Crippen molar-refractivity contribution in [1.82, 2.24) is 10.2 Å². The zero-order valence-electron chi connectivity index (χ0n) is 17.7. The van der Waals surface area contributed by atoms with E-state index >= 15 is 0 Å². The van der Waals surface area contributed by atoms with Gasteiger partial charge in [0.2, 0.25) is 0 Å². The second-order valence-corrected chi connectivity index (χ2v) is 10.1. The fraction of sp³-hybridized carbons (Fsp3) is 0.750. The molecule has 2 N–H and O–H groups in total. The van der Waals surface area contributed by atoms with Gasteiger partial charge in [-0.2, -0.15) is 0 Å². The van der Waals surface area contributed by atoms with Crippen LogP contribution in [0.2, 0.25) is 0 Å². The van der Waals surface area contributed by atoms with Crippen LogP contribution in [0, 0.1) is 23.2 Å². The summed E-state index contributed by atoms with van der Waals surface area (Å²) >= 11 is 0. The highest BCUT2D eigenvalue weighted by Gasteiger charge is 2.55. The van der Waals surface area contributed by atoms with Crippen LogP contribution in [0.15, 0.2) is 18.2 Å². The molecule has 0 bridgehead atoms. The van der Waals surface area contributed by atoms with E-state index in [1.807, 2.05) is 12.1 Å². The molecule has 1 aromatic rings. The molecule has 0 amide bonds. The number of rotatable bonds is 5. The highest BCUT2D eigenvalue weighted by atomic mass is 16.3. The number of hydrogen-bond donors (Lipinski definition) is 2. The van der Waals surface area contributed by atoms with E-state index < -0.39 is 0 Å². The van der Waals surface area contributed by atoms with Gasteiger partial charge in [0.15, 0.2) is 0 Å². The van der Waals surface area contributed by atoms with Crippen LogP contribution in [0.3, 0.4) is 0 Å². The largest absolute Gasteiger partial charge is 0.508 e. The number of nitrogens with one attached hydrogen (secondary N) is 1. The van der Waals surface area contributed by atoms with Gasteiger partial charge in [-0.25, -0.2) is 0 Å². The number of hydrogen-bond acceptors (Lipinski definition) is 3. The van der Waals surface area contributed by atoms with Gasteiger partial charge in [0.25, 0.3) is 0 Å². The van der Waals surface area contributed by atoms with Crippen LogP contribution in [0.5, 0.6) is 5.75 Å². The van der Waals surface area contributed by atoms with Crippen molar-refractivity contribution in [3.8, 4) is 5.75 Å². The predicted molar refractivity (Wildman–Crippen MR) is 112 cm³/mol. The summed E-state index contributed by atoms with van der Waals surface area (Å²) in [5, 5.41) is 13.7. The van der Waals surface area contributed by atoms with Crippen LogP contribution < -0.4 is 5.32 Å². The molecule has 150 valence electrons. The molecule has 0 radical (unpaired) electrons. The van der Waals surface area contributed by atoms with Crippen LogP contribution >= 0.6 is 0 Å². The first-order chi connectivity index (χ1) is 12.9. The SMILES string of the molecule is C[C@H](NCCN(C)C)[C@@H]1CC[C@@H]2[C@@H]3CCc4cc(O)ccc4[C@H]3CC[C@@]21C. The lowest BCUT2D eigenvalue weighted by molar-refractivity contribution is 0.0181. The molecule has 27 heavy (non-hydrogen) atoms. The lowest BCUT2D eigenvalue weighted by Gasteiger charge is -2.52. The van der Waals surface area contributed by atoms with Crippen molar-refractivity contribution >= 4 is 0 Å². The third-order valence-electron chi connectivity index (χ3n) is 8.41. The van der Waals surface area contributed by atoms with Gasteiger partial charge in [0.1, 0.15) is 5.75 Å². The van der Waals surface area contributed by atoms with Gasteiger partial charge in [-0.1, -0.05) is 13.0 Å². The molecule has 3 aliphatic rings. The molecule has 0 aromatic heterocycles. The summed E-state index contributed by atoms with van der Waals surface area (Å²) in [6, 6.07) is 6.77. The first-order valence-electron chi connectivity index (χ1n) is 11.1. The van der Waals surface area contributed by atoms with Gasteiger partial charge in [-0.05, 0) is 112 Å². The zero-order valence-corrected chi connectivity index (χ0v) is 17.7. The number of nitrogens with zero attached hydrogens (tertiary/aromatic N) is 1.